The second kappa shape index (κ2) is 5.72. The highest BCUT2D eigenvalue weighted by atomic mass is 35.5. The number of rotatable bonds is 3. The van der Waals surface area contributed by atoms with Crippen LogP contribution in [-0.4, -0.2) is 7.11 Å². The maximum Gasteiger partial charge on any atom is 0.124 e. The third-order valence-electron chi connectivity index (χ3n) is 4.21. The van der Waals surface area contributed by atoms with Crippen molar-refractivity contribution < 1.29 is 4.74 Å². The molecule has 0 spiro atoms. The first kappa shape index (κ1) is 14.7. The summed E-state index contributed by atoms with van der Waals surface area (Å²) >= 11 is 6.45. The Morgan fingerprint density at radius 2 is 1.84 bits per heavy atom. The van der Waals surface area contributed by atoms with Crippen molar-refractivity contribution in [2.45, 2.75) is 57.4 Å². The van der Waals surface area contributed by atoms with Gasteiger partial charge in [-0.3, -0.25) is 0 Å². The van der Waals surface area contributed by atoms with Gasteiger partial charge in [-0.1, -0.05) is 44.7 Å². The van der Waals surface area contributed by atoms with Gasteiger partial charge < -0.3 is 10.5 Å². The number of hydrogen-bond acceptors (Lipinski definition) is 2. The molecule has 1 aromatic rings. The highest BCUT2D eigenvalue weighted by molar-refractivity contribution is 6.31. The minimum Gasteiger partial charge on any atom is -0.496 e. The lowest BCUT2D eigenvalue weighted by atomic mass is 9.77. The predicted octanol–water partition coefficient (Wildman–Crippen LogP) is 4.59. The van der Waals surface area contributed by atoms with E-state index in [-0.39, 0.29) is 5.54 Å². The van der Waals surface area contributed by atoms with Gasteiger partial charge in [-0.25, -0.2) is 0 Å². The molecule has 0 unspecified atom stereocenters. The van der Waals surface area contributed by atoms with Gasteiger partial charge in [0.05, 0.1) is 7.11 Å². The molecule has 0 atom stereocenters. The fourth-order valence-electron chi connectivity index (χ4n) is 3.08. The molecule has 2 nitrogen and oxygen atoms in total. The Morgan fingerprint density at radius 1 is 1.21 bits per heavy atom. The second-order valence-electron chi connectivity index (χ2n) is 5.95. The number of hydrogen-bond donors (Lipinski definition) is 1. The molecule has 106 valence electrons. The first-order chi connectivity index (χ1) is 8.98. The summed E-state index contributed by atoms with van der Waals surface area (Å²) in [6, 6.07) is 4.14. The first-order valence-electron chi connectivity index (χ1n) is 7.15. The van der Waals surface area contributed by atoms with Crippen LogP contribution in [0.25, 0.3) is 0 Å². The standard InChI is InChI=1S/C16H24ClNO/c1-11(2)15-13(17)9-12(10-14(15)19-3)16(18)7-5-4-6-8-16/h9-11H,4-8,18H2,1-3H3. The van der Waals surface area contributed by atoms with Crippen LogP contribution in [-0.2, 0) is 5.54 Å². The van der Waals surface area contributed by atoms with Crippen molar-refractivity contribution >= 4 is 11.6 Å². The molecule has 19 heavy (non-hydrogen) atoms. The number of ether oxygens (including phenoxy) is 1. The topological polar surface area (TPSA) is 35.2 Å². The lowest BCUT2D eigenvalue weighted by Crippen LogP contribution is -2.38. The van der Waals surface area contributed by atoms with E-state index in [0.717, 1.165) is 34.7 Å². The summed E-state index contributed by atoms with van der Waals surface area (Å²) < 4.78 is 5.52. The minimum absolute atomic E-state index is 0.231. The highest BCUT2D eigenvalue weighted by Gasteiger charge is 2.31. The smallest absolute Gasteiger partial charge is 0.124 e. The van der Waals surface area contributed by atoms with Gasteiger partial charge >= 0.3 is 0 Å². The van der Waals surface area contributed by atoms with Crippen LogP contribution in [0, 0.1) is 0 Å². The molecule has 1 aliphatic rings. The quantitative estimate of drug-likeness (QED) is 0.879. The molecule has 0 saturated heterocycles. The predicted molar refractivity (Wildman–Crippen MR) is 81.0 cm³/mol. The van der Waals surface area contributed by atoms with Crippen LogP contribution in [0.2, 0.25) is 5.02 Å². The van der Waals surface area contributed by atoms with E-state index in [9.17, 15) is 0 Å². The van der Waals surface area contributed by atoms with Crippen LogP contribution in [0.1, 0.15) is 63.0 Å². The third kappa shape index (κ3) is 2.90. The van der Waals surface area contributed by atoms with Crippen molar-refractivity contribution in [1.82, 2.24) is 0 Å². The van der Waals surface area contributed by atoms with Crippen LogP contribution in [0.5, 0.6) is 5.75 Å². The fraction of sp³-hybridized carbons (Fsp3) is 0.625. The summed E-state index contributed by atoms with van der Waals surface area (Å²) in [5.74, 6) is 1.21. The monoisotopic (exact) mass is 281 g/mol. The highest BCUT2D eigenvalue weighted by Crippen LogP contribution is 2.41. The normalized spacial score (nSPS) is 18.6. The Kier molecular flexibility index (Phi) is 4.42. The van der Waals surface area contributed by atoms with Crippen molar-refractivity contribution in [3.05, 3.63) is 28.3 Å². The number of nitrogens with two attached hydrogens (primary N) is 1. The van der Waals surface area contributed by atoms with E-state index in [1.54, 1.807) is 7.11 Å². The van der Waals surface area contributed by atoms with E-state index in [0.29, 0.717) is 5.92 Å². The molecule has 0 amide bonds. The van der Waals surface area contributed by atoms with Crippen LogP contribution in [0.15, 0.2) is 12.1 Å². The SMILES string of the molecule is COc1cc(C2(N)CCCCC2)cc(Cl)c1C(C)C. The van der Waals surface area contributed by atoms with Crippen molar-refractivity contribution in [2.75, 3.05) is 7.11 Å². The fourth-order valence-corrected chi connectivity index (χ4v) is 3.51. The number of methoxy groups -OCH3 is 1. The van der Waals surface area contributed by atoms with E-state index in [2.05, 4.69) is 19.9 Å². The Labute approximate surface area is 121 Å². The zero-order valence-electron chi connectivity index (χ0n) is 12.1. The molecule has 0 bridgehead atoms. The molecular weight excluding hydrogens is 258 g/mol. The summed E-state index contributed by atoms with van der Waals surface area (Å²) in [7, 11) is 1.70. The Bertz CT molecular complexity index is 450. The lowest BCUT2D eigenvalue weighted by molar-refractivity contribution is 0.300. The van der Waals surface area contributed by atoms with E-state index >= 15 is 0 Å². The van der Waals surface area contributed by atoms with Gasteiger partial charge in [-0.05, 0) is 36.5 Å². The average Bonchev–Trinajstić information content (AvgIpc) is 2.38. The largest absolute Gasteiger partial charge is 0.496 e. The molecule has 0 radical (unpaired) electrons. The second-order valence-corrected chi connectivity index (χ2v) is 6.35. The number of halogens is 1. The van der Waals surface area contributed by atoms with Gasteiger partial charge in [-0.15, -0.1) is 0 Å². The Morgan fingerprint density at radius 3 is 2.37 bits per heavy atom. The van der Waals surface area contributed by atoms with Gasteiger partial charge in [0.1, 0.15) is 5.75 Å². The minimum atomic E-state index is -0.231. The summed E-state index contributed by atoms with van der Waals surface area (Å²) in [4.78, 5) is 0. The van der Waals surface area contributed by atoms with Crippen LogP contribution >= 0.6 is 11.6 Å². The number of benzene rings is 1. The van der Waals surface area contributed by atoms with Crippen LogP contribution < -0.4 is 10.5 Å². The van der Waals surface area contributed by atoms with Gasteiger partial charge in [-0.2, -0.15) is 0 Å². The van der Waals surface area contributed by atoms with E-state index in [4.69, 9.17) is 22.1 Å². The summed E-state index contributed by atoms with van der Waals surface area (Å²) in [5.41, 5.74) is 8.55. The van der Waals surface area contributed by atoms with Gasteiger partial charge in [0, 0.05) is 16.1 Å². The van der Waals surface area contributed by atoms with Crippen molar-refractivity contribution in [2.24, 2.45) is 5.73 Å². The molecule has 1 fully saturated rings. The van der Waals surface area contributed by atoms with E-state index in [1.807, 2.05) is 6.07 Å². The molecule has 0 aromatic heterocycles. The van der Waals surface area contributed by atoms with E-state index < -0.39 is 0 Å². The van der Waals surface area contributed by atoms with Crippen LogP contribution in [0.3, 0.4) is 0 Å². The molecule has 0 heterocycles. The zero-order chi connectivity index (χ0) is 14.0. The zero-order valence-corrected chi connectivity index (χ0v) is 12.9. The molecule has 0 aliphatic heterocycles. The van der Waals surface area contributed by atoms with E-state index in [1.165, 1.54) is 19.3 Å². The first-order valence-corrected chi connectivity index (χ1v) is 7.52. The van der Waals surface area contributed by atoms with Crippen molar-refractivity contribution in [3.8, 4) is 5.75 Å². The van der Waals surface area contributed by atoms with Gasteiger partial charge in [0.15, 0.2) is 0 Å². The van der Waals surface area contributed by atoms with Crippen molar-refractivity contribution in [3.63, 3.8) is 0 Å². The summed E-state index contributed by atoms with van der Waals surface area (Å²) in [5, 5.41) is 0.778. The van der Waals surface area contributed by atoms with Gasteiger partial charge in [0.2, 0.25) is 0 Å². The van der Waals surface area contributed by atoms with Crippen molar-refractivity contribution in [1.29, 1.82) is 0 Å². The molecule has 1 aromatic carbocycles. The molecular formula is C16H24ClNO. The molecule has 2 N–H and O–H groups in total. The third-order valence-corrected chi connectivity index (χ3v) is 4.52. The molecule has 3 heteroatoms. The van der Waals surface area contributed by atoms with Crippen LogP contribution in [0.4, 0.5) is 0 Å². The summed E-state index contributed by atoms with van der Waals surface area (Å²) in [6.07, 6.45) is 5.75. The Balaban J connectivity index is 2.45. The van der Waals surface area contributed by atoms with Gasteiger partial charge in [0.25, 0.3) is 0 Å². The Hall–Kier alpha value is -0.730. The maximum absolute atomic E-state index is 6.58. The summed E-state index contributed by atoms with van der Waals surface area (Å²) in [6.45, 7) is 4.25. The molecule has 1 aliphatic carbocycles. The molecule has 1 saturated carbocycles. The average molecular weight is 282 g/mol. The lowest BCUT2D eigenvalue weighted by Gasteiger charge is -2.34. The maximum atomic E-state index is 6.58. The molecule has 2 rings (SSSR count).